The number of aromatic nitrogens is 3. The molecule has 2 heterocycles. The third-order valence-electron chi connectivity index (χ3n) is 5.48. The van der Waals surface area contributed by atoms with Gasteiger partial charge in [0.15, 0.2) is 18.0 Å². The Morgan fingerprint density at radius 2 is 1.69 bits per heavy atom. The Morgan fingerprint density at radius 3 is 2.43 bits per heavy atom. The third kappa shape index (κ3) is 5.60. The number of rotatable bonds is 7. The highest BCUT2D eigenvalue weighted by Gasteiger charge is 2.24. The fourth-order valence-electron chi connectivity index (χ4n) is 3.36. The van der Waals surface area contributed by atoms with E-state index in [0.717, 1.165) is 10.9 Å². The number of esters is 1. The van der Waals surface area contributed by atoms with Gasteiger partial charge in [0.1, 0.15) is 0 Å². The molecule has 0 saturated carbocycles. The highest BCUT2D eigenvalue weighted by molar-refractivity contribution is 6.09. The predicted octanol–water partition coefficient (Wildman–Crippen LogP) is 4.50. The van der Waals surface area contributed by atoms with Gasteiger partial charge in [0.25, 0.3) is 5.91 Å². The summed E-state index contributed by atoms with van der Waals surface area (Å²) in [5.41, 5.74) is 1.90. The van der Waals surface area contributed by atoms with E-state index < -0.39 is 17.3 Å². The number of Topliss-reactive ketones (excluding diaryl/α,β-unsaturated/α-hetero) is 1. The Hall–Kier alpha value is -4.33. The number of ether oxygens (including phenoxy) is 1. The fourth-order valence-corrected chi connectivity index (χ4v) is 3.36. The minimum absolute atomic E-state index is 0.160. The van der Waals surface area contributed by atoms with Gasteiger partial charge in [0, 0.05) is 17.0 Å². The quantitative estimate of drug-likeness (QED) is 0.399. The van der Waals surface area contributed by atoms with Crippen molar-refractivity contribution in [3.05, 3.63) is 89.7 Å². The van der Waals surface area contributed by atoms with Crippen molar-refractivity contribution in [1.29, 1.82) is 0 Å². The van der Waals surface area contributed by atoms with E-state index >= 15 is 0 Å². The Labute approximate surface area is 202 Å². The number of carbonyl (C=O) groups is 3. The molecule has 0 atom stereocenters. The summed E-state index contributed by atoms with van der Waals surface area (Å²) in [5, 5.41) is 7.87. The van der Waals surface area contributed by atoms with Crippen LogP contribution in [0.2, 0.25) is 0 Å². The van der Waals surface area contributed by atoms with Gasteiger partial charge in [-0.15, -0.1) is 0 Å². The van der Waals surface area contributed by atoms with Crippen molar-refractivity contribution in [2.24, 2.45) is 5.41 Å². The maximum absolute atomic E-state index is 12.9. The van der Waals surface area contributed by atoms with Crippen LogP contribution in [0, 0.1) is 5.41 Å². The number of hydrogen-bond acceptors (Lipinski definition) is 6. The van der Waals surface area contributed by atoms with E-state index in [1.165, 1.54) is 12.3 Å². The van der Waals surface area contributed by atoms with Gasteiger partial charge in [-0.2, -0.15) is 5.10 Å². The first-order valence-corrected chi connectivity index (χ1v) is 11.2. The van der Waals surface area contributed by atoms with E-state index in [4.69, 9.17) is 4.74 Å². The molecule has 2 aromatic heterocycles. The molecule has 35 heavy (non-hydrogen) atoms. The van der Waals surface area contributed by atoms with Gasteiger partial charge in [0.05, 0.1) is 29.6 Å². The van der Waals surface area contributed by atoms with Crippen molar-refractivity contribution in [2.45, 2.75) is 27.3 Å². The van der Waals surface area contributed by atoms with Crippen molar-refractivity contribution in [3.8, 4) is 0 Å². The maximum Gasteiger partial charge on any atom is 0.340 e. The standard InChI is InChI=1S/C27H26N4O4/c1-27(2,3)23(32)17-35-26(34)21-11-7-8-12-22(21)30-25(33)20-13-19-15-29-31(24(19)28-14-20)16-18-9-5-4-6-10-18/h4-15H,16-17H2,1-3H3,(H,30,33). The first-order valence-electron chi connectivity index (χ1n) is 11.2. The van der Waals surface area contributed by atoms with E-state index in [2.05, 4.69) is 15.4 Å². The summed E-state index contributed by atoms with van der Waals surface area (Å²) in [6.45, 7) is 5.50. The second-order valence-corrected chi connectivity index (χ2v) is 9.17. The van der Waals surface area contributed by atoms with Gasteiger partial charge in [-0.3, -0.25) is 9.59 Å². The summed E-state index contributed by atoms with van der Waals surface area (Å²) in [4.78, 5) is 42.1. The van der Waals surface area contributed by atoms with E-state index in [1.807, 2.05) is 30.3 Å². The Balaban J connectivity index is 1.48. The first-order chi connectivity index (χ1) is 16.7. The predicted molar refractivity (Wildman–Crippen MR) is 132 cm³/mol. The number of fused-ring (bicyclic) bond motifs is 1. The normalized spacial score (nSPS) is 11.3. The number of pyridine rings is 1. The molecule has 0 radical (unpaired) electrons. The summed E-state index contributed by atoms with van der Waals surface area (Å²) in [6, 6.07) is 18.1. The minimum atomic E-state index is -0.686. The molecule has 8 heteroatoms. The van der Waals surface area contributed by atoms with Gasteiger partial charge in [-0.05, 0) is 23.8 Å². The Morgan fingerprint density at radius 1 is 0.971 bits per heavy atom. The lowest BCUT2D eigenvalue weighted by Crippen LogP contribution is -2.26. The lowest BCUT2D eigenvalue weighted by atomic mass is 9.91. The van der Waals surface area contributed by atoms with Crippen molar-refractivity contribution >= 4 is 34.4 Å². The molecule has 2 aromatic carbocycles. The van der Waals surface area contributed by atoms with Crippen LogP contribution in [-0.4, -0.2) is 39.0 Å². The van der Waals surface area contributed by atoms with Crippen LogP contribution in [0.15, 0.2) is 73.1 Å². The molecule has 178 valence electrons. The van der Waals surface area contributed by atoms with E-state index in [0.29, 0.717) is 17.8 Å². The maximum atomic E-state index is 12.9. The van der Waals surface area contributed by atoms with Gasteiger partial charge < -0.3 is 10.1 Å². The van der Waals surface area contributed by atoms with Crippen molar-refractivity contribution < 1.29 is 19.1 Å². The summed E-state index contributed by atoms with van der Waals surface area (Å²) < 4.78 is 6.96. The van der Waals surface area contributed by atoms with Crippen LogP contribution in [-0.2, 0) is 16.1 Å². The number of hydrogen-bond donors (Lipinski definition) is 1. The lowest BCUT2D eigenvalue weighted by molar-refractivity contribution is -0.129. The second-order valence-electron chi connectivity index (χ2n) is 9.17. The minimum Gasteiger partial charge on any atom is -0.454 e. The van der Waals surface area contributed by atoms with Crippen molar-refractivity contribution in [3.63, 3.8) is 0 Å². The molecule has 0 unspecified atom stereocenters. The molecule has 0 fully saturated rings. The highest BCUT2D eigenvalue weighted by Crippen LogP contribution is 2.20. The molecule has 0 aliphatic carbocycles. The topological polar surface area (TPSA) is 103 Å². The van der Waals surface area contributed by atoms with Crippen LogP contribution in [0.25, 0.3) is 11.0 Å². The number of ketones is 1. The zero-order valence-electron chi connectivity index (χ0n) is 19.8. The van der Waals surface area contributed by atoms with Crippen LogP contribution < -0.4 is 5.32 Å². The zero-order chi connectivity index (χ0) is 25.0. The number of nitrogens with zero attached hydrogens (tertiary/aromatic N) is 3. The average molecular weight is 471 g/mol. The monoisotopic (exact) mass is 470 g/mol. The van der Waals surface area contributed by atoms with Crippen LogP contribution in [0.4, 0.5) is 5.69 Å². The van der Waals surface area contributed by atoms with Crippen molar-refractivity contribution in [1.82, 2.24) is 14.8 Å². The van der Waals surface area contributed by atoms with Crippen LogP contribution in [0.1, 0.15) is 47.1 Å². The molecule has 4 rings (SSSR count). The molecule has 1 amide bonds. The average Bonchev–Trinajstić information content (AvgIpc) is 3.24. The number of benzene rings is 2. The number of amides is 1. The summed E-state index contributed by atoms with van der Waals surface area (Å²) in [7, 11) is 0. The summed E-state index contributed by atoms with van der Waals surface area (Å²) >= 11 is 0. The van der Waals surface area contributed by atoms with Crippen LogP contribution in [0.3, 0.4) is 0 Å². The number of anilines is 1. The molecule has 0 spiro atoms. The second kappa shape index (κ2) is 9.89. The molecule has 0 bridgehead atoms. The molecule has 0 aliphatic rings. The molecule has 0 saturated heterocycles. The Bertz CT molecular complexity index is 1390. The highest BCUT2D eigenvalue weighted by atomic mass is 16.5. The third-order valence-corrected chi connectivity index (χ3v) is 5.48. The smallest absolute Gasteiger partial charge is 0.340 e. The van der Waals surface area contributed by atoms with Gasteiger partial charge in [-0.25, -0.2) is 14.5 Å². The molecule has 4 aromatic rings. The summed E-state index contributed by atoms with van der Waals surface area (Å²) in [5.74, 6) is -1.31. The van der Waals surface area contributed by atoms with E-state index in [9.17, 15) is 14.4 Å². The van der Waals surface area contributed by atoms with E-state index in [1.54, 1.807) is 55.9 Å². The van der Waals surface area contributed by atoms with Crippen LogP contribution >= 0.6 is 0 Å². The van der Waals surface area contributed by atoms with Gasteiger partial charge >= 0.3 is 5.97 Å². The largest absolute Gasteiger partial charge is 0.454 e. The number of carbonyl (C=O) groups excluding carboxylic acids is 3. The molecular formula is C27H26N4O4. The molecule has 0 aliphatic heterocycles. The fraction of sp³-hybridized carbons (Fsp3) is 0.222. The first kappa shape index (κ1) is 23.8. The van der Waals surface area contributed by atoms with E-state index in [-0.39, 0.29) is 23.6 Å². The molecule has 8 nitrogen and oxygen atoms in total. The van der Waals surface area contributed by atoms with Gasteiger partial charge in [0.2, 0.25) is 0 Å². The lowest BCUT2D eigenvalue weighted by Gasteiger charge is -2.16. The zero-order valence-corrected chi connectivity index (χ0v) is 19.8. The number of para-hydroxylation sites is 1. The SMILES string of the molecule is CC(C)(C)C(=O)COC(=O)c1ccccc1NC(=O)c1cnc2c(cnn2Cc2ccccc2)c1. The summed E-state index contributed by atoms with van der Waals surface area (Å²) in [6.07, 6.45) is 3.14. The Kier molecular flexibility index (Phi) is 6.73. The molecule has 1 N–H and O–H groups in total. The van der Waals surface area contributed by atoms with Crippen molar-refractivity contribution in [2.75, 3.05) is 11.9 Å². The van der Waals surface area contributed by atoms with Crippen LogP contribution in [0.5, 0.6) is 0 Å². The number of nitrogens with one attached hydrogen (secondary N) is 1. The molecular weight excluding hydrogens is 444 g/mol. The van der Waals surface area contributed by atoms with Gasteiger partial charge in [-0.1, -0.05) is 63.2 Å².